The van der Waals surface area contributed by atoms with Crippen molar-refractivity contribution >= 4 is 5.91 Å². The van der Waals surface area contributed by atoms with Gasteiger partial charge in [-0.3, -0.25) is 4.79 Å². The van der Waals surface area contributed by atoms with Crippen LogP contribution in [0.25, 0.3) is 11.4 Å². The maximum atomic E-state index is 12.8. The molecule has 3 aromatic rings. The maximum absolute atomic E-state index is 12.8. The Balaban J connectivity index is 1.86. The maximum Gasteiger partial charge on any atom is 0.251 e. The van der Waals surface area contributed by atoms with Gasteiger partial charge in [-0.2, -0.15) is 4.98 Å². The fourth-order valence-electron chi connectivity index (χ4n) is 3.07. The summed E-state index contributed by atoms with van der Waals surface area (Å²) < 4.78 is 16.2. The highest BCUT2D eigenvalue weighted by molar-refractivity contribution is 5.94. The quantitative estimate of drug-likeness (QED) is 0.586. The highest BCUT2D eigenvalue weighted by Gasteiger charge is 2.27. The first-order chi connectivity index (χ1) is 14.5. The van der Waals surface area contributed by atoms with Crippen LogP contribution in [0, 0.1) is 12.8 Å². The van der Waals surface area contributed by atoms with Crippen LogP contribution in [0.3, 0.4) is 0 Å². The minimum atomic E-state index is -0.398. The first kappa shape index (κ1) is 21.4. The topological polar surface area (TPSA) is 86.5 Å². The molecule has 3 rings (SSSR count). The van der Waals surface area contributed by atoms with Gasteiger partial charge in [0.1, 0.15) is 6.04 Å². The fourth-order valence-corrected chi connectivity index (χ4v) is 3.07. The van der Waals surface area contributed by atoms with Crippen molar-refractivity contribution in [1.29, 1.82) is 0 Å². The van der Waals surface area contributed by atoms with Crippen molar-refractivity contribution < 1.29 is 18.8 Å². The summed E-state index contributed by atoms with van der Waals surface area (Å²) in [5, 5.41) is 7.16. The van der Waals surface area contributed by atoms with Crippen molar-refractivity contribution in [3.63, 3.8) is 0 Å². The number of methoxy groups -OCH3 is 2. The monoisotopic (exact) mass is 409 g/mol. The van der Waals surface area contributed by atoms with Gasteiger partial charge < -0.3 is 19.3 Å². The summed E-state index contributed by atoms with van der Waals surface area (Å²) in [4.78, 5) is 17.3. The van der Waals surface area contributed by atoms with E-state index in [2.05, 4.69) is 22.4 Å². The molecule has 0 fully saturated rings. The first-order valence-electron chi connectivity index (χ1n) is 9.90. The summed E-state index contributed by atoms with van der Waals surface area (Å²) in [5.74, 6) is 1.92. The molecule has 0 saturated carbocycles. The number of ether oxygens (including phenoxy) is 2. The zero-order valence-corrected chi connectivity index (χ0v) is 17.9. The largest absolute Gasteiger partial charge is 0.493 e. The van der Waals surface area contributed by atoms with Gasteiger partial charge in [-0.15, -0.1) is 0 Å². The summed E-state index contributed by atoms with van der Waals surface area (Å²) in [6, 6.07) is 12.4. The van der Waals surface area contributed by atoms with Crippen LogP contribution in [-0.2, 0) is 0 Å². The van der Waals surface area contributed by atoms with E-state index in [1.807, 2.05) is 32.0 Å². The number of benzene rings is 2. The van der Waals surface area contributed by atoms with E-state index in [1.54, 1.807) is 38.5 Å². The molecule has 0 unspecified atom stereocenters. The highest BCUT2D eigenvalue weighted by Crippen LogP contribution is 2.32. The molecule has 30 heavy (non-hydrogen) atoms. The lowest BCUT2D eigenvalue weighted by atomic mass is 9.98. The molecule has 0 aliphatic rings. The zero-order valence-electron chi connectivity index (χ0n) is 17.9. The molecule has 7 heteroatoms. The molecular weight excluding hydrogens is 382 g/mol. The number of carbonyl (C=O) groups excluding carboxylic acids is 1. The first-order valence-corrected chi connectivity index (χ1v) is 9.90. The van der Waals surface area contributed by atoms with Gasteiger partial charge >= 0.3 is 0 Å². The van der Waals surface area contributed by atoms with Crippen LogP contribution in [0.1, 0.15) is 48.1 Å². The molecule has 0 saturated heterocycles. The molecule has 1 heterocycles. The number of amides is 1. The van der Waals surface area contributed by atoms with Gasteiger partial charge in [-0.25, -0.2) is 0 Å². The van der Waals surface area contributed by atoms with E-state index in [4.69, 9.17) is 14.0 Å². The Morgan fingerprint density at radius 2 is 1.80 bits per heavy atom. The molecular formula is C23H27N3O4. The van der Waals surface area contributed by atoms with Gasteiger partial charge in [0.05, 0.1) is 14.2 Å². The van der Waals surface area contributed by atoms with Gasteiger partial charge in [0, 0.05) is 11.1 Å². The molecule has 1 aromatic heterocycles. The van der Waals surface area contributed by atoms with Crippen molar-refractivity contribution in [3.05, 3.63) is 59.5 Å². The predicted octanol–water partition coefficient (Wildman–Crippen LogP) is 4.58. The molecule has 7 nitrogen and oxygen atoms in total. The minimum Gasteiger partial charge on any atom is -0.493 e. The number of nitrogens with one attached hydrogen (secondary N) is 1. The van der Waals surface area contributed by atoms with Crippen LogP contribution in [0.4, 0.5) is 0 Å². The van der Waals surface area contributed by atoms with Crippen LogP contribution in [-0.4, -0.2) is 30.3 Å². The van der Waals surface area contributed by atoms with Crippen molar-refractivity contribution in [2.75, 3.05) is 14.2 Å². The zero-order chi connectivity index (χ0) is 21.7. The highest BCUT2D eigenvalue weighted by atomic mass is 16.5. The van der Waals surface area contributed by atoms with Crippen LogP contribution in [0.5, 0.6) is 11.5 Å². The molecule has 0 bridgehead atoms. The van der Waals surface area contributed by atoms with E-state index in [1.165, 1.54) is 0 Å². The van der Waals surface area contributed by atoms with Crippen LogP contribution >= 0.6 is 0 Å². The van der Waals surface area contributed by atoms with Crippen molar-refractivity contribution in [1.82, 2.24) is 15.5 Å². The van der Waals surface area contributed by atoms with E-state index in [0.717, 1.165) is 17.5 Å². The molecule has 158 valence electrons. The van der Waals surface area contributed by atoms with Gasteiger partial charge in [0.2, 0.25) is 11.7 Å². The summed E-state index contributed by atoms with van der Waals surface area (Å²) in [5.41, 5.74) is 2.42. The van der Waals surface area contributed by atoms with E-state index < -0.39 is 6.04 Å². The van der Waals surface area contributed by atoms with E-state index in [9.17, 15) is 4.79 Å². The molecule has 2 aromatic carbocycles. The van der Waals surface area contributed by atoms with E-state index >= 15 is 0 Å². The summed E-state index contributed by atoms with van der Waals surface area (Å²) in [6.07, 6.45) is 0.840. The predicted molar refractivity (Wildman–Crippen MR) is 114 cm³/mol. The Bertz CT molecular complexity index is 998. The Hall–Kier alpha value is -3.35. The van der Waals surface area contributed by atoms with Gasteiger partial charge in [0.25, 0.3) is 5.91 Å². The third-order valence-electron chi connectivity index (χ3n) is 5.16. The van der Waals surface area contributed by atoms with E-state index in [-0.39, 0.29) is 11.8 Å². The number of nitrogens with zero attached hydrogens (tertiary/aromatic N) is 2. The number of aryl methyl sites for hydroxylation is 1. The number of rotatable bonds is 8. The Labute approximate surface area is 176 Å². The summed E-state index contributed by atoms with van der Waals surface area (Å²) in [6.45, 7) is 6.08. The number of carbonyl (C=O) groups is 1. The standard InChI is InChI=1S/C23H27N3O4/c1-6-15(3)20(24-22(27)16-9-7-14(2)8-10-16)23-25-21(26-30-23)17-11-12-18(28-4)19(13-17)29-5/h7-13,15,20H,6H2,1-5H3,(H,24,27)/t15-,20-/m1/s1. The molecule has 1 N–H and O–H groups in total. The molecule has 2 atom stereocenters. The van der Waals surface area contributed by atoms with Gasteiger partial charge in [-0.05, 0) is 43.2 Å². The van der Waals surface area contributed by atoms with Gasteiger partial charge in [-0.1, -0.05) is 43.1 Å². The second-order valence-electron chi connectivity index (χ2n) is 7.23. The number of hydrogen-bond donors (Lipinski definition) is 1. The SMILES string of the molecule is CC[C@@H](C)[C@@H](NC(=O)c1ccc(C)cc1)c1nc(-c2ccc(OC)c(OC)c2)no1. The lowest BCUT2D eigenvalue weighted by Gasteiger charge is -2.20. The third-order valence-corrected chi connectivity index (χ3v) is 5.16. The Morgan fingerprint density at radius 1 is 1.10 bits per heavy atom. The number of aromatic nitrogens is 2. The summed E-state index contributed by atoms with van der Waals surface area (Å²) >= 11 is 0. The lowest BCUT2D eigenvalue weighted by molar-refractivity contribution is 0.0910. The second-order valence-corrected chi connectivity index (χ2v) is 7.23. The van der Waals surface area contributed by atoms with E-state index in [0.29, 0.717) is 28.8 Å². The average molecular weight is 409 g/mol. The van der Waals surface area contributed by atoms with Crippen LogP contribution < -0.4 is 14.8 Å². The molecule has 0 aliphatic carbocycles. The number of hydrogen-bond acceptors (Lipinski definition) is 6. The van der Waals surface area contributed by atoms with Crippen molar-refractivity contribution in [3.8, 4) is 22.9 Å². The molecule has 0 spiro atoms. The second kappa shape index (κ2) is 9.43. The third kappa shape index (κ3) is 4.62. The fraction of sp³-hybridized carbons (Fsp3) is 0.348. The molecule has 0 aliphatic heterocycles. The average Bonchev–Trinajstić information content (AvgIpc) is 3.26. The van der Waals surface area contributed by atoms with Crippen molar-refractivity contribution in [2.45, 2.75) is 33.2 Å². The van der Waals surface area contributed by atoms with Crippen LogP contribution in [0.2, 0.25) is 0 Å². The molecule has 0 radical (unpaired) electrons. The summed E-state index contributed by atoms with van der Waals surface area (Å²) in [7, 11) is 3.15. The van der Waals surface area contributed by atoms with Gasteiger partial charge in [0.15, 0.2) is 11.5 Å². The Kier molecular flexibility index (Phi) is 6.72. The lowest BCUT2D eigenvalue weighted by Crippen LogP contribution is -2.32. The van der Waals surface area contributed by atoms with Crippen LogP contribution in [0.15, 0.2) is 47.0 Å². The Morgan fingerprint density at radius 3 is 2.43 bits per heavy atom. The normalized spacial score (nSPS) is 12.8. The minimum absolute atomic E-state index is 0.109. The smallest absolute Gasteiger partial charge is 0.251 e. The molecule has 1 amide bonds. The van der Waals surface area contributed by atoms with Crippen molar-refractivity contribution in [2.24, 2.45) is 5.92 Å².